The first kappa shape index (κ1) is 11.3. The van der Waals surface area contributed by atoms with Gasteiger partial charge in [-0.1, -0.05) is 13.0 Å². The maximum absolute atomic E-state index is 9.45. The minimum Gasteiger partial charge on any atom is -0.497 e. The number of rotatable bonds is 4. The van der Waals surface area contributed by atoms with Gasteiger partial charge in [-0.3, -0.25) is 0 Å². The summed E-state index contributed by atoms with van der Waals surface area (Å²) < 4.78 is 5.17. The molecule has 1 saturated carbocycles. The molecule has 88 valence electrons. The maximum atomic E-state index is 9.45. The molecule has 1 aliphatic carbocycles. The van der Waals surface area contributed by atoms with Gasteiger partial charge in [0.2, 0.25) is 0 Å². The molecule has 0 aromatic heterocycles. The van der Waals surface area contributed by atoms with Crippen molar-refractivity contribution < 1.29 is 9.84 Å². The first-order valence-electron chi connectivity index (χ1n) is 5.70. The number of aliphatic hydroxyl groups is 1. The average molecular weight is 221 g/mol. The van der Waals surface area contributed by atoms with E-state index in [-0.39, 0.29) is 12.1 Å². The largest absolute Gasteiger partial charge is 0.497 e. The number of benzene rings is 1. The van der Waals surface area contributed by atoms with Gasteiger partial charge in [0, 0.05) is 11.8 Å². The molecule has 1 aromatic rings. The van der Waals surface area contributed by atoms with Gasteiger partial charge in [-0.15, -0.1) is 0 Å². The van der Waals surface area contributed by atoms with Gasteiger partial charge in [0.25, 0.3) is 0 Å². The van der Waals surface area contributed by atoms with Crippen LogP contribution in [0.1, 0.15) is 19.8 Å². The molecule has 3 nitrogen and oxygen atoms in total. The number of anilines is 1. The van der Waals surface area contributed by atoms with Crippen molar-refractivity contribution in [1.82, 2.24) is 0 Å². The molecule has 0 amide bonds. The number of hydrogen-bond donors (Lipinski definition) is 2. The first-order chi connectivity index (χ1) is 7.67. The van der Waals surface area contributed by atoms with Gasteiger partial charge in [-0.25, -0.2) is 0 Å². The molecule has 16 heavy (non-hydrogen) atoms. The fraction of sp³-hybridized carbons (Fsp3) is 0.538. The molecule has 0 aliphatic heterocycles. The standard InChI is InChI=1S/C13H19NO2/c1-10-7-13(8-10,9-15)14-11-4-3-5-12(6-11)16-2/h3-6,10,14-15H,7-9H2,1-2H3. The van der Waals surface area contributed by atoms with Crippen LogP contribution in [0.25, 0.3) is 0 Å². The smallest absolute Gasteiger partial charge is 0.120 e. The summed E-state index contributed by atoms with van der Waals surface area (Å²) in [5.41, 5.74) is 0.895. The van der Waals surface area contributed by atoms with Gasteiger partial charge in [0.15, 0.2) is 0 Å². The zero-order chi connectivity index (χ0) is 11.6. The quantitative estimate of drug-likeness (QED) is 0.819. The van der Waals surface area contributed by atoms with Gasteiger partial charge in [-0.05, 0) is 30.9 Å². The second kappa shape index (κ2) is 4.34. The van der Waals surface area contributed by atoms with Gasteiger partial charge in [-0.2, -0.15) is 0 Å². The molecule has 1 fully saturated rings. The van der Waals surface area contributed by atoms with E-state index in [1.807, 2.05) is 24.3 Å². The minimum atomic E-state index is -0.119. The molecule has 0 heterocycles. The Labute approximate surface area is 96.4 Å². The monoisotopic (exact) mass is 221 g/mol. The highest BCUT2D eigenvalue weighted by molar-refractivity contribution is 5.50. The molecule has 1 aromatic carbocycles. The van der Waals surface area contributed by atoms with Gasteiger partial charge in [0.1, 0.15) is 5.75 Å². The highest BCUT2D eigenvalue weighted by Gasteiger charge is 2.41. The summed E-state index contributed by atoms with van der Waals surface area (Å²) in [6.07, 6.45) is 2.06. The Balaban J connectivity index is 2.07. The van der Waals surface area contributed by atoms with Crippen molar-refractivity contribution in [3.8, 4) is 5.75 Å². The van der Waals surface area contributed by atoms with Crippen LogP contribution < -0.4 is 10.1 Å². The summed E-state index contributed by atoms with van der Waals surface area (Å²) in [5.74, 6) is 1.54. The lowest BCUT2D eigenvalue weighted by atomic mass is 9.69. The molecular weight excluding hydrogens is 202 g/mol. The lowest BCUT2D eigenvalue weighted by molar-refractivity contribution is 0.0992. The molecule has 2 N–H and O–H groups in total. The highest BCUT2D eigenvalue weighted by Crippen LogP contribution is 2.40. The number of nitrogens with one attached hydrogen (secondary N) is 1. The van der Waals surface area contributed by atoms with Gasteiger partial charge in [0.05, 0.1) is 19.3 Å². The molecule has 0 atom stereocenters. The van der Waals surface area contributed by atoms with Crippen molar-refractivity contribution in [3.05, 3.63) is 24.3 Å². The molecule has 0 bridgehead atoms. The van der Waals surface area contributed by atoms with E-state index in [2.05, 4.69) is 12.2 Å². The van der Waals surface area contributed by atoms with Crippen LogP contribution in [0.2, 0.25) is 0 Å². The van der Waals surface area contributed by atoms with Gasteiger partial charge < -0.3 is 15.2 Å². The molecule has 0 radical (unpaired) electrons. The van der Waals surface area contributed by atoms with E-state index in [9.17, 15) is 5.11 Å². The normalized spacial score (nSPS) is 28.3. The Morgan fingerprint density at radius 1 is 1.50 bits per heavy atom. The average Bonchev–Trinajstić information content (AvgIpc) is 2.27. The Hall–Kier alpha value is -1.22. The van der Waals surface area contributed by atoms with Crippen LogP contribution in [0.15, 0.2) is 24.3 Å². The van der Waals surface area contributed by atoms with Crippen LogP contribution in [0.3, 0.4) is 0 Å². The van der Waals surface area contributed by atoms with E-state index in [1.165, 1.54) is 0 Å². The molecule has 3 heteroatoms. The predicted molar refractivity (Wildman–Crippen MR) is 64.8 cm³/mol. The molecule has 0 spiro atoms. The fourth-order valence-corrected chi connectivity index (χ4v) is 2.55. The van der Waals surface area contributed by atoms with E-state index in [0.717, 1.165) is 24.3 Å². The minimum absolute atomic E-state index is 0.119. The lowest BCUT2D eigenvalue weighted by Crippen LogP contribution is -2.52. The Morgan fingerprint density at radius 2 is 2.25 bits per heavy atom. The second-order valence-corrected chi connectivity index (χ2v) is 4.81. The van der Waals surface area contributed by atoms with Gasteiger partial charge >= 0.3 is 0 Å². The van der Waals surface area contributed by atoms with Crippen molar-refractivity contribution >= 4 is 5.69 Å². The highest BCUT2D eigenvalue weighted by atomic mass is 16.5. The van der Waals surface area contributed by atoms with E-state index in [1.54, 1.807) is 7.11 Å². The Morgan fingerprint density at radius 3 is 2.81 bits per heavy atom. The SMILES string of the molecule is COc1cccc(NC2(CO)CC(C)C2)c1. The van der Waals surface area contributed by atoms with Crippen LogP contribution in [-0.4, -0.2) is 24.4 Å². The first-order valence-corrected chi connectivity index (χ1v) is 5.70. The number of hydrogen-bond acceptors (Lipinski definition) is 3. The Bertz CT molecular complexity index is 359. The third-order valence-electron chi connectivity index (χ3n) is 3.26. The van der Waals surface area contributed by atoms with Crippen LogP contribution in [0, 0.1) is 5.92 Å². The summed E-state index contributed by atoms with van der Waals surface area (Å²) in [7, 11) is 1.66. The summed E-state index contributed by atoms with van der Waals surface area (Å²) in [6.45, 7) is 2.40. The maximum Gasteiger partial charge on any atom is 0.120 e. The zero-order valence-corrected chi connectivity index (χ0v) is 9.86. The van der Waals surface area contributed by atoms with E-state index >= 15 is 0 Å². The van der Waals surface area contributed by atoms with Crippen LogP contribution in [-0.2, 0) is 0 Å². The summed E-state index contributed by atoms with van der Waals surface area (Å²) >= 11 is 0. The van der Waals surface area contributed by atoms with Crippen molar-refractivity contribution in [2.75, 3.05) is 19.0 Å². The summed E-state index contributed by atoms with van der Waals surface area (Å²) in [6, 6.07) is 7.83. The van der Waals surface area contributed by atoms with Crippen molar-refractivity contribution in [1.29, 1.82) is 0 Å². The van der Waals surface area contributed by atoms with Crippen molar-refractivity contribution in [3.63, 3.8) is 0 Å². The van der Waals surface area contributed by atoms with Crippen LogP contribution >= 0.6 is 0 Å². The van der Waals surface area contributed by atoms with Crippen molar-refractivity contribution in [2.45, 2.75) is 25.3 Å². The molecule has 2 rings (SSSR count). The van der Waals surface area contributed by atoms with E-state index < -0.39 is 0 Å². The van der Waals surface area contributed by atoms with Crippen molar-refractivity contribution in [2.24, 2.45) is 5.92 Å². The third kappa shape index (κ3) is 2.14. The number of aliphatic hydroxyl groups excluding tert-OH is 1. The molecule has 0 unspecified atom stereocenters. The zero-order valence-electron chi connectivity index (χ0n) is 9.86. The topological polar surface area (TPSA) is 41.5 Å². The second-order valence-electron chi connectivity index (χ2n) is 4.81. The summed E-state index contributed by atoms with van der Waals surface area (Å²) in [5, 5.41) is 12.9. The molecular formula is C13H19NO2. The third-order valence-corrected chi connectivity index (χ3v) is 3.26. The Kier molecular flexibility index (Phi) is 3.06. The fourth-order valence-electron chi connectivity index (χ4n) is 2.55. The number of ether oxygens (including phenoxy) is 1. The lowest BCUT2D eigenvalue weighted by Gasteiger charge is -2.46. The molecule has 1 aliphatic rings. The van der Waals surface area contributed by atoms with E-state index in [4.69, 9.17) is 4.74 Å². The van der Waals surface area contributed by atoms with Crippen LogP contribution in [0.4, 0.5) is 5.69 Å². The van der Waals surface area contributed by atoms with Crippen LogP contribution in [0.5, 0.6) is 5.75 Å². The molecule has 0 saturated heterocycles. The predicted octanol–water partition coefficient (Wildman–Crippen LogP) is 2.27. The van der Waals surface area contributed by atoms with E-state index in [0.29, 0.717) is 5.92 Å². The number of methoxy groups -OCH3 is 1. The summed E-state index contributed by atoms with van der Waals surface area (Å²) in [4.78, 5) is 0.